The molecular weight excluding hydrogens is 322 g/mol. The smallest absolute Gasteiger partial charge is 0.316 e. The minimum absolute atomic E-state index is 0.228. The van der Waals surface area contributed by atoms with E-state index in [4.69, 9.17) is 4.74 Å². The van der Waals surface area contributed by atoms with E-state index in [0.29, 0.717) is 5.69 Å². The van der Waals surface area contributed by atoms with E-state index in [0.717, 1.165) is 16.9 Å². The zero-order chi connectivity index (χ0) is 17.4. The van der Waals surface area contributed by atoms with Crippen LogP contribution in [0.25, 0.3) is 0 Å². The standard InChI is InChI=1S/C19H21NO3S/c1-14-6-8-16(9-7-14)12-24-13-19(22)23-11-18(21)20-17-5-3-4-15(2)10-17/h3-10H,11-13H2,1-2H3,(H,20,21). The van der Waals surface area contributed by atoms with Gasteiger partial charge < -0.3 is 10.1 Å². The Balaban J connectivity index is 1.65. The minimum Gasteiger partial charge on any atom is -0.455 e. The Kier molecular flexibility index (Phi) is 6.88. The maximum absolute atomic E-state index is 11.8. The van der Waals surface area contributed by atoms with Crippen molar-refractivity contribution >= 4 is 29.3 Å². The van der Waals surface area contributed by atoms with Crippen molar-refractivity contribution in [1.29, 1.82) is 0 Å². The van der Waals surface area contributed by atoms with E-state index >= 15 is 0 Å². The zero-order valence-electron chi connectivity index (χ0n) is 13.9. The lowest BCUT2D eigenvalue weighted by Crippen LogP contribution is -2.21. The Morgan fingerprint density at radius 3 is 2.50 bits per heavy atom. The monoisotopic (exact) mass is 343 g/mol. The van der Waals surface area contributed by atoms with Crippen LogP contribution in [0.15, 0.2) is 48.5 Å². The first-order valence-electron chi connectivity index (χ1n) is 7.68. The molecule has 0 bridgehead atoms. The molecule has 2 aromatic carbocycles. The van der Waals surface area contributed by atoms with Gasteiger partial charge in [-0.05, 0) is 37.1 Å². The zero-order valence-corrected chi connectivity index (χ0v) is 14.7. The third kappa shape index (κ3) is 6.46. The van der Waals surface area contributed by atoms with Gasteiger partial charge in [0, 0.05) is 11.4 Å². The van der Waals surface area contributed by atoms with Crippen LogP contribution >= 0.6 is 11.8 Å². The van der Waals surface area contributed by atoms with E-state index in [2.05, 4.69) is 5.32 Å². The van der Waals surface area contributed by atoms with Crippen molar-refractivity contribution in [2.24, 2.45) is 0 Å². The molecule has 0 saturated heterocycles. The third-order valence-electron chi connectivity index (χ3n) is 3.28. The van der Waals surface area contributed by atoms with Gasteiger partial charge in [0.15, 0.2) is 6.61 Å². The molecule has 0 aliphatic carbocycles. The molecule has 5 heteroatoms. The Morgan fingerprint density at radius 2 is 1.79 bits per heavy atom. The highest BCUT2D eigenvalue weighted by Gasteiger charge is 2.08. The lowest BCUT2D eigenvalue weighted by Gasteiger charge is -2.07. The van der Waals surface area contributed by atoms with E-state index in [1.165, 1.54) is 17.3 Å². The molecule has 1 N–H and O–H groups in total. The number of aryl methyl sites for hydroxylation is 2. The number of benzene rings is 2. The number of hydrogen-bond donors (Lipinski definition) is 1. The summed E-state index contributed by atoms with van der Waals surface area (Å²) in [7, 11) is 0. The van der Waals surface area contributed by atoms with Crippen LogP contribution in [0.5, 0.6) is 0 Å². The van der Waals surface area contributed by atoms with Crippen molar-refractivity contribution in [3.63, 3.8) is 0 Å². The number of esters is 1. The van der Waals surface area contributed by atoms with Crippen molar-refractivity contribution in [1.82, 2.24) is 0 Å². The van der Waals surface area contributed by atoms with Gasteiger partial charge in [-0.2, -0.15) is 0 Å². The number of ether oxygens (including phenoxy) is 1. The van der Waals surface area contributed by atoms with Gasteiger partial charge in [0.25, 0.3) is 5.91 Å². The summed E-state index contributed by atoms with van der Waals surface area (Å²) in [5.74, 6) is 0.250. The molecule has 126 valence electrons. The molecule has 0 aromatic heterocycles. The highest BCUT2D eigenvalue weighted by molar-refractivity contribution is 7.99. The van der Waals surface area contributed by atoms with Crippen molar-refractivity contribution in [3.05, 3.63) is 65.2 Å². The van der Waals surface area contributed by atoms with Crippen molar-refractivity contribution < 1.29 is 14.3 Å². The molecular formula is C19H21NO3S. The minimum atomic E-state index is -0.383. The number of rotatable bonds is 7. The maximum Gasteiger partial charge on any atom is 0.316 e. The summed E-state index contributed by atoms with van der Waals surface area (Å²) in [4.78, 5) is 23.4. The molecule has 0 aliphatic rings. The topological polar surface area (TPSA) is 55.4 Å². The number of anilines is 1. The van der Waals surface area contributed by atoms with Crippen molar-refractivity contribution in [2.45, 2.75) is 19.6 Å². The van der Waals surface area contributed by atoms with E-state index < -0.39 is 0 Å². The molecule has 0 atom stereocenters. The fourth-order valence-corrected chi connectivity index (χ4v) is 2.82. The van der Waals surface area contributed by atoms with Crippen LogP contribution in [-0.2, 0) is 20.1 Å². The quantitative estimate of drug-likeness (QED) is 0.779. The molecule has 0 heterocycles. The predicted octanol–water partition coefficient (Wildman–Crippen LogP) is 3.72. The first-order valence-corrected chi connectivity index (χ1v) is 8.84. The van der Waals surface area contributed by atoms with Gasteiger partial charge in [-0.3, -0.25) is 9.59 Å². The number of carbonyl (C=O) groups excluding carboxylic acids is 2. The second kappa shape index (κ2) is 9.13. The molecule has 2 rings (SSSR count). The van der Waals surface area contributed by atoms with Crippen LogP contribution < -0.4 is 5.32 Å². The van der Waals surface area contributed by atoms with Gasteiger partial charge in [0.2, 0.25) is 0 Å². The number of carbonyl (C=O) groups is 2. The number of nitrogens with one attached hydrogen (secondary N) is 1. The predicted molar refractivity (Wildman–Crippen MR) is 98.1 cm³/mol. The second-order valence-electron chi connectivity index (χ2n) is 5.56. The summed E-state index contributed by atoms with van der Waals surface area (Å²) in [6, 6.07) is 15.6. The SMILES string of the molecule is Cc1ccc(CSCC(=O)OCC(=O)Nc2cccc(C)c2)cc1. The Bertz CT molecular complexity index is 698. The summed E-state index contributed by atoms with van der Waals surface area (Å²) in [6.45, 7) is 3.72. The van der Waals surface area contributed by atoms with Gasteiger partial charge in [0.05, 0.1) is 5.75 Å². The first-order chi connectivity index (χ1) is 11.5. The summed E-state index contributed by atoms with van der Waals surface area (Å²) in [6.07, 6.45) is 0. The first kappa shape index (κ1) is 18.1. The number of thioether (sulfide) groups is 1. The largest absolute Gasteiger partial charge is 0.455 e. The van der Waals surface area contributed by atoms with Crippen LogP contribution in [0.2, 0.25) is 0 Å². The Morgan fingerprint density at radius 1 is 1.04 bits per heavy atom. The van der Waals surface area contributed by atoms with Crippen molar-refractivity contribution in [2.75, 3.05) is 17.7 Å². The van der Waals surface area contributed by atoms with Crippen LogP contribution in [0.3, 0.4) is 0 Å². The van der Waals surface area contributed by atoms with E-state index in [-0.39, 0.29) is 24.2 Å². The summed E-state index contributed by atoms with van der Waals surface area (Å²) >= 11 is 1.47. The van der Waals surface area contributed by atoms with E-state index in [9.17, 15) is 9.59 Å². The molecule has 0 unspecified atom stereocenters. The molecule has 0 saturated carbocycles. The molecule has 1 amide bonds. The molecule has 2 aromatic rings. The average molecular weight is 343 g/mol. The Labute approximate surface area is 146 Å². The highest BCUT2D eigenvalue weighted by atomic mass is 32.2. The third-order valence-corrected chi connectivity index (χ3v) is 4.25. The molecule has 24 heavy (non-hydrogen) atoms. The summed E-state index contributed by atoms with van der Waals surface area (Å²) in [5.41, 5.74) is 4.13. The van der Waals surface area contributed by atoms with Crippen LogP contribution in [0, 0.1) is 13.8 Å². The highest BCUT2D eigenvalue weighted by Crippen LogP contribution is 2.13. The van der Waals surface area contributed by atoms with Crippen molar-refractivity contribution in [3.8, 4) is 0 Å². The summed E-state index contributed by atoms with van der Waals surface area (Å²) in [5, 5.41) is 2.70. The molecule has 0 spiro atoms. The lowest BCUT2D eigenvalue weighted by molar-refractivity contribution is -0.144. The molecule has 0 fully saturated rings. The number of hydrogen-bond acceptors (Lipinski definition) is 4. The molecule has 4 nitrogen and oxygen atoms in total. The van der Waals surface area contributed by atoms with Gasteiger partial charge in [0.1, 0.15) is 0 Å². The Hall–Kier alpha value is -2.27. The second-order valence-corrected chi connectivity index (χ2v) is 6.54. The van der Waals surface area contributed by atoms with Crippen LogP contribution in [0.4, 0.5) is 5.69 Å². The normalized spacial score (nSPS) is 10.2. The fraction of sp³-hybridized carbons (Fsp3) is 0.263. The average Bonchev–Trinajstić information content (AvgIpc) is 2.55. The van der Waals surface area contributed by atoms with E-state index in [1.54, 1.807) is 6.07 Å². The molecule has 0 radical (unpaired) electrons. The van der Waals surface area contributed by atoms with Gasteiger partial charge in [-0.1, -0.05) is 42.0 Å². The van der Waals surface area contributed by atoms with Gasteiger partial charge >= 0.3 is 5.97 Å². The summed E-state index contributed by atoms with van der Waals surface area (Å²) < 4.78 is 4.99. The van der Waals surface area contributed by atoms with Gasteiger partial charge in [-0.15, -0.1) is 11.8 Å². The molecule has 0 aliphatic heterocycles. The lowest BCUT2D eigenvalue weighted by atomic mass is 10.2. The maximum atomic E-state index is 11.8. The van der Waals surface area contributed by atoms with E-state index in [1.807, 2.05) is 56.3 Å². The fourth-order valence-electron chi connectivity index (χ4n) is 2.04. The van der Waals surface area contributed by atoms with Gasteiger partial charge in [-0.25, -0.2) is 0 Å². The number of amides is 1. The van der Waals surface area contributed by atoms with Crippen LogP contribution in [0.1, 0.15) is 16.7 Å². The van der Waals surface area contributed by atoms with Crippen LogP contribution in [-0.4, -0.2) is 24.2 Å².